The third-order valence-corrected chi connectivity index (χ3v) is 6.05. The highest BCUT2D eigenvalue weighted by Gasteiger charge is 2.61. The number of rotatable bonds is 3. The summed E-state index contributed by atoms with van der Waals surface area (Å²) >= 11 is 1.65. The van der Waals surface area contributed by atoms with Gasteiger partial charge in [0.15, 0.2) is 17.5 Å². The number of hydrogen-bond donors (Lipinski definition) is 1. The number of benzene rings is 2. The first-order valence-corrected chi connectivity index (χ1v) is 9.24. The predicted octanol–water partition coefficient (Wildman–Crippen LogP) is 3.00. The molecule has 0 saturated carbocycles. The van der Waals surface area contributed by atoms with E-state index in [1.54, 1.807) is 28.8 Å². The molecule has 0 fully saturated rings. The van der Waals surface area contributed by atoms with Crippen molar-refractivity contribution in [3.63, 3.8) is 0 Å². The zero-order chi connectivity index (χ0) is 17.6. The van der Waals surface area contributed by atoms with Crippen LogP contribution in [0.15, 0.2) is 48.5 Å². The second kappa shape index (κ2) is 6.04. The molecule has 0 saturated heterocycles. The lowest BCUT2D eigenvalue weighted by atomic mass is 9.94. The molecule has 0 amide bonds. The largest absolute Gasteiger partial charge is 0.497 e. The van der Waals surface area contributed by atoms with Gasteiger partial charge in [-0.3, -0.25) is 0 Å². The van der Waals surface area contributed by atoms with E-state index in [0.29, 0.717) is 11.4 Å². The van der Waals surface area contributed by atoms with E-state index in [2.05, 4.69) is 4.58 Å². The summed E-state index contributed by atoms with van der Waals surface area (Å²) in [5.41, 5.74) is -0.231. The smallest absolute Gasteiger partial charge is 0.317 e. The van der Waals surface area contributed by atoms with Crippen molar-refractivity contribution in [2.75, 3.05) is 24.3 Å². The second-order valence-electron chi connectivity index (χ2n) is 6.25. The second-order valence-corrected chi connectivity index (χ2v) is 7.31. The monoisotopic (exact) mass is 359 g/mol. The lowest BCUT2D eigenvalue weighted by Crippen LogP contribution is -2.51. The Morgan fingerprint density at radius 3 is 2.72 bits per heavy atom. The number of halogens is 1. The fourth-order valence-corrected chi connectivity index (χ4v) is 4.90. The molecule has 2 aliphatic rings. The van der Waals surface area contributed by atoms with E-state index in [4.69, 9.17) is 4.74 Å². The number of methoxy groups -OCH3 is 1. The van der Waals surface area contributed by atoms with E-state index in [1.165, 1.54) is 13.2 Å². The van der Waals surface area contributed by atoms with Crippen LogP contribution >= 0.6 is 11.8 Å². The first kappa shape index (κ1) is 16.4. The minimum atomic E-state index is -1.33. The maximum atomic E-state index is 14.9. The Morgan fingerprint density at radius 1 is 1.28 bits per heavy atom. The minimum absolute atomic E-state index is 0.193. The molecule has 0 bridgehead atoms. The topological polar surface area (TPSA) is 35.7 Å². The third kappa shape index (κ3) is 2.35. The third-order valence-electron chi connectivity index (χ3n) is 4.99. The average molecular weight is 359 g/mol. The van der Waals surface area contributed by atoms with E-state index in [1.807, 2.05) is 37.3 Å². The van der Waals surface area contributed by atoms with Crippen molar-refractivity contribution in [3.05, 3.63) is 59.9 Å². The zero-order valence-electron chi connectivity index (χ0n) is 14.1. The summed E-state index contributed by atoms with van der Waals surface area (Å²) in [6.45, 7) is 2.82. The fraction of sp³-hybridized carbons (Fsp3) is 0.316. The van der Waals surface area contributed by atoms with Crippen LogP contribution in [0.4, 0.5) is 10.1 Å². The number of nitrogens with zero attached hydrogens (tertiary/aromatic N) is 2. The summed E-state index contributed by atoms with van der Waals surface area (Å²) in [6.07, 6.45) is 0. The maximum Gasteiger partial charge on any atom is 0.317 e. The molecule has 2 aliphatic heterocycles. The van der Waals surface area contributed by atoms with Gasteiger partial charge >= 0.3 is 5.17 Å². The minimum Gasteiger partial charge on any atom is -0.497 e. The highest BCUT2D eigenvalue weighted by Crippen LogP contribution is 2.44. The molecule has 4 rings (SSSR count). The van der Waals surface area contributed by atoms with Gasteiger partial charge in [-0.2, -0.15) is 4.90 Å². The maximum absolute atomic E-state index is 14.9. The van der Waals surface area contributed by atoms with E-state index in [-0.39, 0.29) is 6.04 Å². The van der Waals surface area contributed by atoms with Crippen LogP contribution in [0.1, 0.15) is 12.5 Å². The molecule has 0 spiro atoms. The summed E-state index contributed by atoms with van der Waals surface area (Å²) in [4.78, 5) is 1.74. The quantitative estimate of drug-likeness (QED) is 0.855. The molecular weight excluding hydrogens is 339 g/mol. The van der Waals surface area contributed by atoms with Crippen LogP contribution in [0.5, 0.6) is 5.75 Å². The normalized spacial score (nSPS) is 25.4. The fourth-order valence-electron chi connectivity index (χ4n) is 3.65. The van der Waals surface area contributed by atoms with Gasteiger partial charge in [-0.05, 0) is 30.8 Å². The van der Waals surface area contributed by atoms with Crippen molar-refractivity contribution in [1.82, 2.24) is 0 Å². The predicted molar refractivity (Wildman–Crippen MR) is 97.8 cm³/mol. The van der Waals surface area contributed by atoms with Crippen LogP contribution in [0.2, 0.25) is 0 Å². The Bertz CT molecular complexity index is 843. The number of hydrogen-bond acceptors (Lipinski definition) is 4. The Balaban J connectivity index is 1.90. The van der Waals surface area contributed by atoms with E-state index < -0.39 is 11.5 Å². The van der Waals surface area contributed by atoms with Gasteiger partial charge in [-0.1, -0.05) is 30.3 Å². The SMILES string of the molecule is COc1ccc(N2C3=[N+](CCS3)[C@@H](C)[C@@]2(O)c2ccccc2)c(F)c1. The molecule has 130 valence electrons. The number of amidine groups is 1. The van der Waals surface area contributed by atoms with Crippen molar-refractivity contribution in [2.24, 2.45) is 0 Å². The van der Waals surface area contributed by atoms with Crippen LogP contribution in [0.3, 0.4) is 0 Å². The van der Waals surface area contributed by atoms with E-state index in [9.17, 15) is 9.50 Å². The summed E-state index contributed by atoms with van der Waals surface area (Å²) in [6, 6.07) is 14.0. The molecule has 25 heavy (non-hydrogen) atoms. The molecule has 2 atom stereocenters. The first-order chi connectivity index (χ1) is 12.1. The Kier molecular flexibility index (Phi) is 3.96. The molecule has 0 radical (unpaired) electrons. The number of thioether (sulfide) groups is 1. The Labute approximate surface area is 150 Å². The van der Waals surface area contributed by atoms with Gasteiger partial charge < -0.3 is 9.84 Å². The van der Waals surface area contributed by atoms with Gasteiger partial charge in [0.2, 0.25) is 0 Å². The summed E-state index contributed by atoms with van der Waals surface area (Å²) in [5, 5.41) is 12.6. The van der Waals surface area contributed by atoms with Crippen molar-refractivity contribution in [2.45, 2.75) is 18.7 Å². The van der Waals surface area contributed by atoms with Gasteiger partial charge in [0.05, 0.1) is 13.7 Å². The molecule has 0 aliphatic carbocycles. The van der Waals surface area contributed by atoms with E-state index >= 15 is 0 Å². The van der Waals surface area contributed by atoms with Crippen LogP contribution in [0.25, 0.3) is 0 Å². The van der Waals surface area contributed by atoms with Gasteiger partial charge in [0.25, 0.3) is 5.72 Å². The van der Waals surface area contributed by atoms with E-state index in [0.717, 1.165) is 23.0 Å². The van der Waals surface area contributed by atoms with Crippen molar-refractivity contribution >= 4 is 22.6 Å². The molecule has 2 aromatic rings. The van der Waals surface area contributed by atoms with Crippen LogP contribution in [-0.4, -0.2) is 40.3 Å². The average Bonchev–Trinajstić information content (AvgIpc) is 3.18. The summed E-state index contributed by atoms with van der Waals surface area (Å²) in [5.74, 6) is 0.971. The van der Waals surface area contributed by atoms with Crippen LogP contribution in [0, 0.1) is 5.82 Å². The molecule has 0 unspecified atom stereocenters. The standard InChI is InChI=1S/C19H20FN2O2S/c1-13-19(23,14-6-4-3-5-7-14)22(18-21(13)10-11-25-18)17-9-8-15(24-2)12-16(17)20/h3-9,12-13,23H,10-11H2,1-2H3/q+1/t13-,19+/m0/s1. The van der Waals surface area contributed by atoms with Gasteiger partial charge in [0, 0.05) is 17.4 Å². The van der Waals surface area contributed by atoms with Crippen molar-refractivity contribution < 1.29 is 18.8 Å². The van der Waals surface area contributed by atoms with Crippen molar-refractivity contribution in [1.29, 1.82) is 0 Å². The van der Waals surface area contributed by atoms with Gasteiger partial charge in [-0.25, -0.2) is 8.97 Å². The molecule has 1 N–H and O–H groups in total. The first-order valence-electron chi connectivity index (χ1n) is 8.25. The summed E-state index contributed by atoms with van der Waals surface area (Å²) in [7, 11) is 1.51. The lowest BCUT2D eigenvalue weighted by molar-refractivity contribution is -0.562. The molecular formula is C19H20FN2O2S+. The number of anilines is 1. The van der Waals surface area contributed by atoms with Crippen LogP contribution < -0.4 is 9.64 Å². The number of aliphatic hydroxyl groups is 1. The van der Waals surface area contributed by atoms with Gasteiger partial charge in [-0.15, -0.1) is 0 Å². The Morgan fingerprint density at radius 2 is 2.04 bits per heavy atom. The van der Waals surface area contributed by atoms with Gasteiger partial charge in [0.1, 0.15) is 5.75 Å². The lowest BCUT2D eigenvalue weighted by Gasteiger charge is -2.32. The zero-order valence-corrected chi connectivity index (χ0v) is 15.0. The summed E-state index contributed by atoms with van der Waals surface area (Å²) < 4.78 is 22.1. The molecule has 2 heterocycles. The molecule has 4 nitrogen and oxygen atoms in total. The molecule has 2 aromatic carbocycles. The van der Waals surface area contributed by atoms with Crippen molar-refractivity contribution in [3.8, 4) is 5.75 Å². The Hall–Kier alpha value is -2.05. The molecule has 6 heteroatoms. The van der Waals surface area contributed by atoms with Crippen LogP contribution in [-0.2, 0) is 5.72 Å². The molecule has 0 aromatic heterocycles. The highest BCUT2D eigenvalue weighted by atomic mass is 32.2. The highest BCUT2D eigenvalue weighted by molar-refractivity contribution is 8.14. The number of ether oxygens (including phenoxy) is 1.